The molecule has 5 nitrogen and oxygen atoms in total. The van der Waals surface area contributed by atoms with Gasteiger partial charge in [-0.15, -0.1) is 0 Å². The summed E-state index contributed by atoms with van der Waals surface area (Å²) in [7, 11) is 0. The highest BCUT2D eigenvalue weighted by Gasteiger charge is 2.40. The molecule has 3 aliphatic rings. The van der Waals surface area contributed by atoms with E-state index in [-0.39, 0.29) is 0 Å². The summed E-state index contributed by atoms with van der Waals surface area (Å²) in [4.78, 5) is 8.88. The van der Waals surface area contributed by atoms with Crippen LogP contribution in [-0.2, 0) is 17.9 Å². The van der Waals surface area contributed by atoms with Crippen molar-refractivity contribution in [2.45, 2.75) is 37.8 Å². The molecule has 1 aliphatic carbocycles. The highest BCUT2D eigenvalue weighted by molar-refractivity contribution is 5.55. The number of nitrogens with zero attached hydrogens (tertiary/aromatic N) is 3. The van der Waals surface area contributed by atoms with Gasteiger partial charge in [0, 0.05) is 45.0 Å². The first-order valence-electron chi connectivity index (χ1n) is 13.2. The first-order valence-corrected chi connectivity index (χ1v) is 13.2. The molecule has 2 fully saturated rings. The van der Waals surface area contributed by atoms with Crippen molar-refractivity contribution in [2.75, 3.05) is 44.2 Å². The van der Waals surface area contributed by atoms with Crippen molar-refractivity contribution in [1.82, 2.24) is 15.5 Å². The molecule has 35 heavy (non-hydrogen) atoms. The molecule has 2 saturated heterocycles. The molecular weight excluding hydrogens is 432 g/mol. The van der Waals surface area contributed by atoms with Crippen molar-refractivity contribution in [3.63, 3.8) is 0 Å². The first-order chi connectivity index (χ1) is 17.3. The summed E-state index contributed by atoms with van der Waals surface area (Å²) in [6, 6.07) is 28.8. The predicted octanol–water partition coefficient (Wildman–Crippen LogP) is 4.92. The summed E-state index contributed by atoms with van der Waals surface area (Å²) in [5.74, 6) is 0.686. The molecule has 6 rings (SSSR count). The fourth-order valence-corrected chi connectivity index (χ4v) is 5.94. The van der Waals surface area contributed by atoms with E-state index < -0.39 is 0 Å². The molecular formula is C30H36N4O. The molecule has 2 aliphatic heterocycles. The van der Waals surface area contributed by atoms with Crippen molar-refractivity contribution in [3.8, 4) is 0 Å². The predicted molar refractivity (Wildman–Crippen MR) is 141 cm³/mol. The topological polar surface area (TPSA) is 31.0 Å². The van der Waals surface area contributed by atoms with Crippen LogP contribution in [0.1, 0.15) is 47.1 Å². The van der Waals surface area contributed by atoms with Gasteiger partial charge in [-0.3, -0.25) is 10.3 Å². The fourth-order valence-electron chi connectivity index (χ4n) is 5.94. The first kappa shape index (κ1) is 22.7. The van der Waals surface area contributed by atoms with Crippen LogP contribution in [0.3, 0.4) is 0 Å². The fraction of sp³-hybridized carbons (Fsp3) is 0.400. The Balaban J connectivity index is 1.05. The maximum Gasteiger partial charge on any atom is 0.0936 e. The van der Waals surface area contributed by atoms with E-state index in [0.717, 1.165) is 45.7 Å². The van der Waals surface area contributed by atoms with Crippen LogP contribution in [0.15, 0.2) is 78.9 Å². The van der Waals surface area contributed by atoms with Crippen molar-refractivity contribution in [2.24, 2.45) is 0 Å². The minimum absolute atomic E-state index is 0.383. The van der Waals surface area contributed by atoms with E-state index in [1.807, 2.05) is 0 Å². The third kappa shape index (κ3) is 5.14. The molecule has 3 aromatic carbocycles. The highest BCUT2D eigenvalue weighted by Crippen LogP contribution is 2.50. The Morgan fingerprint density at radius 3 is 2.29 bits per heavy atom. The van der Waals surface area contributed by atoms with Gasteiger partial charge in [-0.1, -0.05) is 66.7 Å². The number of piperazine rings is 1. The van der Waals surface area contributed by atoms with Gasteiger partial charge in [-0.2, -0.15) is 5.06 Å². The Morgan fingerprint density at radius 1 is 0.771 bits per heavy atom. The van der Waals surface area contributed by atoms with Gasteiger partial charge >= 0.3 is 0 Å². The average Bonchev–Trinajstić information content (AvgIpc) is 3.21. The third-order valence-electron chi connectivity index (χ3n) is 7.90. The molecule has 2 atom stereocenters. The van der Waals surface area contributed by atoms with Crippen molar-refractivity contribution in [3.05, 3.63) is 101 Å². The van der Waals surface area contributed by atoms with E-state index >= 15 is 0 Å². The summed E-state index contributed by atoms with van der Waals surface area (Å²) in [6.07, 6.45) is 3.44. The Bertz CT molecular complexity index is 1100. The Labute approximate surface area is 209 Å². The van der Waals surface area contributed by atoms with E-state index in [4.69, 9.17) is 4.84 Å². The molecule has 2 unspecified atom stereocenters. The molecule has 0 amide bonds. The number of rotatable bonds is 8. The number of benzene rings is 3. The van der Waals surface area contributed by atoms with Gasteiger partial charge in [-0.05, 0) is 59.6 Å². The van der Waals surface area contributed by atoms with Crippen LogP contribution in [0.25, 0.3) is 0 Å². The van der Waals surface area contributed by atoms with Crippen LogP contribution in [-0.4, -0.2) is 49.3 Å². The molecule has 5 heteroatoms. The lowest BCUT2D eigenvalue weighted by Crippen LogP contribution is -2.52. The molecule has 3 aromatic rings. The molecule has 0 saturated carbocycles. The number of anilines is 1. The summed E-state index contributed by atoms with van der Waals surface area (Å²) < 4.78 is 0. The molecule has 1 N–H and O–H groups in total. The van der Waals surface area contributed by atoms with E-state index in [2.05, 4.69) is 99.3 Å². The summed E-state index contributed by atoms with van der Waals surface area (Å²) in [6.45, 7) is 6.86. The molecule has 2 bridgehead atoms. The normalized spacial score (nSPS) is 22.3. The molecule has 2 heterocycles. The zero-order valence-corrected chi connectivity index (χ0v) is 20.5. The van der Waals surface area contributed by atoms with E-state index in [1.165, 1.54) is 35.2 Å². The van der Waals surface area contributed by atoms with Gasteiger partial charge in [-0.25, -0.2) is 5.01 Å². The Kier molecular flexibility index (Phi) is 6.83. The maximum atomic E-state index is 6.33. The van der Waals surface area contributed by atoms with Gasteiger partial charge in [0.2, 0.25) is 0 Å². The summed E-state index contributed by atoms with van der Waals surface area (Å²) in [5.41, 5.74) is 10.7. The minimum Gasteiger partial charge on any atom is -0.369 e. The summed E-state index contributed by atoms with van der Waals surface area (Å²) >= 11 is 0. The van der Waals surface area contributed by atoms with Crippen LogP contribution in [0.4, 0.5) is 5.69 Å². The standard InChI is InChI=1S/C30H36N4O/c1-3-7-24(8-4-1)13-15-31-33-19-17-32(18-20-33)27-11-12-28-26-14-16-34(30(21-26)29(28)22-27)35-23-25-9-5-2-6-10-25/h1-12,22,26,30-31H,13-21,23H2. The van der Waals surface area contributed by atoms with Crippen LogP contribution in [0.5, 0.6) is 0 Å². The number of hydrogen-bond donors (Lipinski definition) is 1. The zero-order chi connectivity index (χ0) is 23.5. The van der Waals surface area contributed by atoms with Gasteiger partial charge in [0.25, 0.3) is 0 Å². The second-order valence-electron chi connectivity index (χ2n) is 10.1. The van der Waals surface area contributed by atoms with Gasteiger partial charge in [0.15, 0.2) is 0 Å². The smallest absolute Gasteiger partial charge is 0.0936 e. The quantitative estimate of drug-likeness (QED) is 0.507. The minimum atomic E-state index is 0.383. The Hall–Kier alpha value is -2.70. The largest absolute Gasteiger partial charge is 0.369 e. The maximum absolute atomic E-state index is 6.33. The average molecular weight is 469 g/mol. The SMILES string of the molecule is c1ccc(CCNN2CCN(c3ccc4c(c3)C3CC4CCN3OCc3ccccc3)CC2)cc1. The lowest BCUT2D eigenvalue weighted by molar-refractivity contribution is -0.207. The highest BCUT2D eigenvalue weighted by atomic mass is 16.7. The van der Waals surface area contributed by atoms with Crippen LogP contribution >= 0.6 is 0 Å². The number of piperidine rings is 1. The molecule has 0 radical (unpaired) electrons. The van der Waals surface area contributed by atoms with Crippen molar-refractivity contribution >= 4 is 5.69 Å². The second kappa shape index (κ2) is 10.5. The molecule has 0 aromatic heterocycles. The number of fused-ring (bicyclic) bond motifs is 5. The van der Waals surface area contributed by atoms with Crippen LogP contribution < -0.4 is 10.3 Å². The van der Waals surface area contributed by atoms with Gasteiger partial charge in [0.05, 0.1) is 12.6 Å². The monoisotopic (exact) mass is 468 g/mol. The van der Waals surface area contributed by atoms with Crippen LogP contribution in [0, 0.1) is 0 Å². The number of hydroxylamine groups is 2. The van der Waals surface area contributed by atoms with E-state index in [0.29, 0.717) is 18.6 Å². The second-order valence-corrected chi connectivity index (χ2v) is 10.1. The summed E-state index contributed by atoms with van der Waals surface area (Å²) in [5, 5.41) is 4.65. The molecule has 182 valence electrons. The van der Waals surface area contributed by atoms with Gasteiger partial charge in [0.1, 0.15) is 0 Å². The van der Waals surface area contributed by atoms with E-state index in [1.54, 1.807) is 5.56 Å². The van der Waals surface area contributed by atoms with Crippen molar-refractivity contribution < 1.29 is 4.84 Å². The number of nitrogens with one attached hydrogen (secondary N) is 1. The number of hydrogen-bond acceptors (Lipinski definition) is 5. The van der Waals surface area contributed by atoms with Crippen LogP contribution in [0.2, 0.25) is 0 Å². The lowest BCUT2D eigenvalue weighted by atomic mass is 9.96. The number of hydrazine groups is 1. The lowest BCUT2D eigenvalue weighted by Gasteiger charge is -2.36. The zero-order valence-electron chi connectivity index (χ0n) is 20.5. The Morgan fingerprint density at radius 2 is 1.51 bits per heavy atom. The van der Waals surface area contributed by atoms with E-state index in [9.17, 15) is 0 Å². The third-order valence-corrected chi connectivity index (χ3v) is 7.90. The molecule has 0 spiro atoms. The van der Waals surface area contributed by atoms with Crippen molar-refractivity contribution in [1.29, 1.82) is 0 Å². The van der Waals surface area contributed by atoms with Gasteiger partial charge < -0.3 is 4.90 Å².